The highest BCUT2D eigenvalue weighted by Crippen LogP contribution is 2.36. The molecule has 23 heavy (non-hydrogen) atoms. The second-order valence-electron chi connectivity index (χ2n) is 6.00. The Kier molecular flexibility index (Phi) is 5.80. The number of nitrogens with one attached hydrogen (secondary N) is 1. The van der Waals surface area contributed by atoms with Gasteiger partial charge in [-0.1, -0.05) is 0 Å². The van der Waals surface area contributed by atoms with Crippen LogP contribution in [0.4, 0.5) is 8.78 Å². The smallest absolute Gasteiger partial charge is 0.248 e. The van der Waals surface area contributed by atoms with Gasteiger partial charge in [-0.05, 0) is 44.0 Å². The highest BCUT2D eigenvalue weighted by molar-refractivity contribution is 5.78. The minimum absolute atomic E-state index is 0.117. The fourth-order valence-corrected chi connectivity index (χ4v) is 2.71. The van der Waals surface area contributed by atoms with Crippen molar-refractivity contribution in [2.24, 2.45) is 5.92 Å². The van der Waals surface area contributed by atoms with Crippen molar-refractivity contribution in [3.8, 4) is 11.5 Å². The quantitative estimate of drug-likeness (QED) is 0.871. The average molecular weight is 327 g/mol. The molecule has 1 aromatic rings. The van der Waals surface area contributed by atoms with Crippen LogP contribution in [-0.2, 0) is 4.79 Å². The number of alkyl halides is 2. The minimum Gasteiger partial charge on any atom is -0.497 e. The molecule has 2 atom stereocenters. The van der Waals surface area contributed by atoms with E-state index in [1.807, 2.05) is 6.92 Å². The molecule has 2 rings (SSSR count). The molecule has 1 aromatic carbocycles. The molecular formula is C17H23F2NO3. The van der Waals surface area contributed by atoms with E-state index >= 15 is 0 Å². The third-order valence-electron chi connectivity index (χ3n) is 3.97. The zero-order chi connectivity index (χ0) is 16.9. The van der Waals surface area contributed by atoms with E-state index in [0.29, 0.717) is 18.6 Å². The lowest BCUT2D eigenvalue weighted by molar-refractivity contribution is -0.132. The molecule has 0 heterocycles. The zero-order valence-corrected chi connectivity index (χ0v) is 13.5. The lowest BCUT2D eigenvalue weighted by Gasteiger charge is -2.28. The Morgan fingerprint density at radius 2 is 2.00 bits per heavy atom. The van der Waals surface area contributed by atoms with Gasteiger partial charge in [0, 0.05) is 18.8 Å². The van der Waals surface area contributed by atoms with Gasteiger partial charge in [0.1, 0.15) is 17.6 Å². The zero-order valence-electron chi connectivity index (χ0n) is 13.5. The number of benzene rings is 1. The summed E-state index contributed by atoms with van der Waals surface area (Å²) in [7, 11) is 1.59. The highest BCUT2D eigenvalue weighted by Gasteiger charge is 2.39. The first-order valence-corrected chi connectivity index (χ1v) is 7.86. The summed E-state index contributed by atoms with van der Waals surface area (Å²) in [5.41, 5.74) is 0. The SMILES string of the molecule is COc1ccc(OC(C)CNC(=O)C2CCCC(F)(F)C2)cc1. The summed E-state index contributed by atoms with van der Waals surface area (Å²) in [4.78, 5) is 12.0. The van der Waals surface area contributed by atoms with Crippen LogP contribution >= 0.6 is 0 Å². The van der Waals surface area contributed by atoms with Gasteiger partial charge < -0.3 is 14.8 Å². The average Bonchev–Trinajstić information content (AvgIpc) is 2.52. The van der Waals surface area contributed by atoms with E-state index in [9.17, 15) is 13.6 Å². The molecule has 0 saturated heterocycles. The number of carbonyl (C=O) groups is 1. The van der Waals surface area contributed by atoms with Gasteiger partial charge in [-0.3, -0.25) is 4.79 Å². The Bertz CT molecular complexity index is 519. The Labute approximate surface area is 135 Å². The largest absolute Gasteiger partial charge is 0.497 e. The molecule has 1 N–H and O–H groups in total. The molecule has 0 aliphatic heterocycles. The molecule has 1 saturated carbocycles. The van der Waals surface area contributed by atoms with Crippen LogP contribution in [0.1, 0.15) is 32.6 Å². The lowest BCUT2D eigenvalue weighted by atomic mass is 9.86. The first-order valence-electron chi connectivity index (χ1n) is 7.86. The van der Waals surface area contributed by atoms with Crippen molar-refractivity contribution in [3.63, 3.8) is 0 Å². The van der Waals surface area contributed by atoms with Crippen LogP contribution in [0.2, 0.25) is 0 Å². The van der Waals surface area contributed by atoms with Crippen molar-refractivity contribution >= 4 is 5.91 Å². The van der Waals surface area contributed by atoms with Gasteiger partial charge in [0.05, 0.1) is 13.7 Å². The Morgan fingerprint density at radius 3 is 2.61 bits per heavy atom. The summed E-state index contributed by atoms with van der Waals surface area (Å²) in [6.07, 6.45) is 0.190. The van der Waals surface area contributed by atoms with Crippen molar-refractivity contribution in [2.75, 3.05) is 13.7 Å². The summed E-state index contributed by atoms with van der Waals surface area (Å²) < 4.78 is 37.4. The summed E-state index contributed by atoms with van der Waals surface area (Å²) in [5, 5.41) is 2.71. The van der Waals surface area contributed by atoms with E-state index in [4.69, 9.17) is 9.47 Å². The predicted octanol–water partition coefficient (Wildman–Crippen LogP) is 3.40. The molecule has 6 heteroatoms. The number of rotatable bonds is 6. The Morgan fingerprint density at radius 1 is 1.35 bits per heavy atom. The third kappa shape index (κ3) is 5.37. The molecule has 0 bridgehead atoms. The number of amides is 1. The molecule has 2 unspecified atom stereocenters. The van der Waals surface area contributed by atoms with E-state index in [-0.39, 0.29) is 31.4 Å². The van der Waals surface area contributed by atoms with Crippen LogP contribution in [-0.4, -0.2) is 31.6 Å². The molecule has 1 amide bonds. The number of carbonyl (C=O) groups excluding carboxylic acids is 1. The molecule has 1 fully saturated rings. The topological polar surface area (TPSA) is 47.6 Å². The first-order chi connectivity index (χ1) is 10.9. The minimum atomic E-state index is -2.72. The van der Waals surface area contributed by atoms with Crippen LogP contribution in [0, 0.1) is 5.92 Å². The molecule has 0 spiro atoms. The van der Waals surface area contributed by atoms with Crippen LogP contribution in [0.25, 0.3) is 0 Å². The number of methoxy groups -OCH3 is 1. The fourth-order valence-electron chi connectivity index (χ4n) is 2.71. The normalized spacial score (nSPS) is 21.3. The maximum Gasteiger partial charge on any atom is 0.248 e. The van der Waals surface area contributed by atoms with E-state index < -0.39 is 11.8 Å². The fraction of sp³-hybridized carbons (Fsp3) is 0.588. The van der Waals surface area contributed by atoms with Gasteiger partial charge in [-0.25, -0.2) is 8.78 Å². The molecular weight excluding hydrogens is 304 g/mol. The monoisotopic (exact) mass is 327 g/mol. The van der Waals surface area contributed by atoms with Crippen LogP contribution in [0.3, 0.4) is 0 Å². The maximum absolute atomic E-state index is 13.3. The van der Waals surface area contributed by atoms with Gasteiger partial charge in [0.25, 0.3) is 0 Å². The first kappa shape index (κ1) is 17.5. The van der Waals surface area contributed by atoms with Gasteiger partial charge in [-0.15, -0.1) is 0 Å². The summed E-state index contributed by atoms with van der Waals surface area (Å²) in [5.74, 6) is -2.24. The maximum atomic E-state index is 13.3. The predicted molar refractivity (Wildman–Crippen MR) is 83.0 cm³/mol. The van der Waals surface area contributed by atoms with Gasteiger partial charge in [-0.2, -0.15) is 0 Å². The van der Waals surface area contributed by atoms with E-state index in [1.165, 1.54) is 0 Å². The van der Waals surface area contributed by atoms with Crippen molar-refractivity contribution in [1.29, 1.82) is 0 Å². The number of hydrogen-bond donors (Lipinski definition) is 1. The number of ether oxygens (including phenoxy) is 2. The molecule has 4 nitrogen and oxygen atoms in total. The number of hydrogen-bond acceptors (Lipinski definition) is 3. The second-order valence-corrected chi connectivity index (χ2v) is 6.00. The molecule has 0 radical (unpaired) electrons. The van der Waals surface area contributed by atoms with Crippen LogP contribution in [0.15, 0.2) is 24.3 Å². The molecule has 128 valence electrons. The second kappa shape index (κ2) is 7.62. The lowest BCUT2D eigenvalue weighted by Crippen LogP contribution is -2.40. The van der Waals surface area contributed by atoms with Gasteiger partial charge >= 0.3 is 0 Å². The summed E-state index contributed by atoms with van der Waals surface area (Å²) in [6.45, 7) is 2.10. The van der Waals surface area contributed by atoms with Crippen molar-refractivity contribution in [3.05, 3.63) is 24.3 Å². The molecule has 1 aliphatic carbocycles. The molecule has 1 aliphatic rings. The van der Waals surface area contributed by atoms with E-state index in [2.05, 4.69) is 5.32 Å². The number of halogens is 2. The Balaban J connectivity index is 1.76. The van der Waals surface area contributed by atoms with Crippen molar-refractivity contribution in [1.82, 2.24) is 5.32 Å². The Hall–Kier alpha value is -1.85. The van der Waals surface area contributed by atoms with Gasteiger partial charge in [0.15, 0.2) is 0 Å². The van der Waals surface area contributed by atoms with Crippen molar-refractivity contribution in [2.45, 2.75) is 44.6 Å². The van der Waals surface area contributed by atoms with Crippen LogP contribution < -0.4 is 14.8 Å². The highest BCUT2D eigenvalue weighted by atomic mass is 19.3. The summed E-state index contributed by atoms with van der Waals surface area (Å²) >= 11 is 0. The van der Waals surface area contributed by atoms with Gasteiger partial charge in [0.2, 0.25) is 11.8 Å². The summed E-state index contributed by atoms with van der Waals surface area (Å²) in [6, 6.07) is 7.12. The third-order valence-corrected chi connectivity index (χ3v) is 3.97. The van der Waals surface area contributed by atoms with E-state index in [1.54, 1.807) is 31.4 Å². The standard InChI is InChI=1S/C17H23F2NO3/c1-12(23-15-7-5-14(22-2)6-8-15)11-20-16(21)13-4-3-9-17(18,19)10-13/h5-8,12-13H,3-4,9-11H2,1-2H3,(H,20,21). The van der Waals surface area contributed by atoms with E-state index in [0.717, 1.165) is 5.75 Å². The molecule has 0 aromatic heterocycles. The van der Waals surface area contributed by atoms with Crippen LogP contribution in [0.5, 0.6) is 11.5 Å². The van der Waals surface area contributed by atoms with Crippen molar-refractivity contribution < 1.29 is 23.0 Å².